The average molecular weight is 276 g/mol. The van der Waals surface area contributed by atoms with Crippen molar-refractivity contribution in [3.63, 3.8) is 0 Å². The predicted molar refractivity (Wildman–Crippen MR) is 76.6 cm³/mol. The number of amides is 2. The van der Waals surface area contributed by atoms with Crippen molar-refractivity contribution in [3.05, 3.63) is 29.3 Å². The van der Waals surface area contributed by atoms with E-state index in [4.69, 9.17) is 0 Å². The minimum atomic E-state index is -0.252. The lowest BCUT2D eigenvalue weighted by molar-refractivity contribution is -0.116. The molecule has 2 amide bonds. The van der Waals surface area contributed by atoms with Crippen molar-refractivity contribution >= 4 is 17.5 Å². The Morgan fingerprint density at radius 1 is 1.40 bits per heavy atom. The molecule has 1 aromatic carbocycles. The molecule has 108 valence electrons. The Hall–Kier alpha value is -1.88. The summed E-state index contributed by atoms with van der Waals surface area (Å²) in [6, 6.07) is 5.00. The van der Waals surface area contributed by atoms with Crippen LogP contribution in [-0.4, -0.2) is 29.6 Å². The summed E-state index contributed by atoms with van der Waals surface area (Å²) in [7, 11) is 0. The van der Waals surface area contributed by atoms with E-state index in [1.54, 1.807) is 18.2 Å². The van der Waals surface area contributed by atoms with Crippen molar-refractivity contribution < 1.29 is 14.7 Å². The molecular formula is C15H20N2O3. The second-order valence-electron chi connectivity index (χ2n) is 5.43. The molecule has 5 nitrogen and oxygen atoms in total. The number of aryl methyl sites for hydroxylation is 1. The molecule has 3 N–H and O–H groups in total. The van der Waals surface area contributed by atoms with Gasteiger partial charge in [0, 0.05) is 17.7 Å². The quantitative estimate of drug-likeness (QED) is 0.776. The highest BCUT2D eigenvalue weighted by Crippen LogP contribution is 2.23. The van der Waals surface area contributed by atoms with E-state index >= 15 is 0 Å². The predicted octanol–water partition coefficient (Wildman–Crippen LogP) is 1.32. The van der Waals surface area contributed by atoms with Gasteiger partial charge in [-0.3, -0.25) is 9.59 Å². The van der Waals surface area contributed by atoms with E-state index in [2.05, 4.69) is 10.6 Å². The lowest BCUT2D eigenvalue weighted by Gasteiger charge is -2.21. The maximum absolute atomic E-state index is 12.2. The lowest BCUT2D eigenvalue weighted by Crippen LogP contribution is -2.41. The Morgan fingerprint density at radius 2 is 2.15 bits per heavy atom. The van der Waals surface area contributed by atoms with Gasteiger partial charge in [-0.25, -0.2) is 0 Å². The van der Waals surface area contributed by atoms with Crippen molar-refractivity contribution in [2.24, 2.45) is 5.92 Å². The van der Waals surface area contributed by atoms with Crippen LogP contribution < -0.4 is 10.6 Å². The number of rotatable bonds is 4. The van der Waals surface area contributed by atoms with Gasteiger partial charge in [0.25, 0.3) is 5.91 Å². The van der Waals surface area contributed by atoms with Gasteiger partial charge in [-0.2, -0.15) is 0 Å². The SMILES string of the molecule is CC(C)[C@@H](CO)NC(=O)c1ccc2c(c1)CCC(=O)N2. The van der Waals surface area contributed by atoms with Crippen LogP contribution in [0.4, 0.5) is 5.69 Å². The first-order chi connectivity index (χ1) is 9.51. The molecule has 1 atom stereocenters. The monoisotopic (exact) mass is 276 g/mol. The first kappa shape index (κ1) is 14.5. The standard InChI is InChI=1S/C15H20N2O3/c1-9(2)13(8-18)17-15(20)11-3-5-12-10(7-11)4-6-14(19)16-12/h3,5,7,9,13,18H,4,6,8H2,1-2H3,(H,16,19)(H,17,20)/t13-/m1/s1. The Balaban J connectivity index is 2.13. The number of anilines is 1. The van der Waals surface area contributed by atoms with Crippen molar-refractivity contribution in [1.82, 2.24) is 5.32 Å². The van der Waals surface area contributed by atoms with E-state index in [0.717, 1.165) is 11.3 Å². The molecule has 1 aliphatic heterocycles. The number of hydrogen-bond acceptors (Lipinski definition) is 3. The molecule has 20 heavy (non-hydrogen) atoms. The molecule has 0 bridgehead atoms. The molecule has 0 saturated heterocycles. The maximum atomic E-state index is 12.2. The third-order valence-electron chi connectivity index (χ3n) is 3.58. The van der Waals surface area contributed by atoms with Gasteiger partial charge in [0.15, 0.2) is 0 Å². The third-order valence-corrected chi connectivity index (χ3v) is 3.58. The summed E-state index contributed by atoms with van der Waals surface area (Å²) in [5.41, 5.74) is 2.31. The van der Waals surface area contributed by atoms with Crippen molar-refractivity contribution in [1.29, 1.82) is 0 Å². The lowest BCUT2D eigenvalue weighted by atomic mass is 9.99. The number of aliphatic hydroxyl groups is 1. The van der Waals surface area contributed by atoms with E-state index in [1.165, 1.54) is 0 Å². The average Bonchev–Trinajstić information content (AvgIpc) is 2.43. The second-order valence-corrected chi connectivity index (χ2v) is 5.43. The zero-order valence-electron chi connectivity index (χ0n) is 11.8. The smallest absolute Gasteiger partial charge is 0.251 e. The van der Waals surface area contributed by atoms with E-state index in [0.29, 0.717) is 18.4 Å². The van der Waals surface area contributed by atoms with Crippen LogP contribution in [0.3, 0.4) is 0 Å². The summed E-state index contributed by atoms with van der Waals surface area (Å²) in [5, 5.41) is 14.9. The Labute approximate surface area is 118 Å². The molecule has 5 heteroatoms. The van der Waals surface area contributed by atoms with Gasteiger partial charge in [0.1, 0.15) is 0 Å². The zero-order valence-corrected chi connectivity index (χ0v) is 11.8. The molecule has 2 rings (SSSR count). The van der Waals surface area contributed by atoms with Crippen molar-refractivity contribution in [2.45, 2.75) is 32.7 Å². The first-order valence-electron chi connectivity index (χ1n) is 6.85. The normalized spacial score (nSPS) is 15.5. The molecule has 0 saturated carbocycles. The summed E-state index contributed by atoms with van der Waals surface area (Å²) in [5.74, 6) is -0.0202. The number of carbonyl (C=O) groups excluding carboxylic acids is 2. The highest BCUT2D eigenvalue weighted by molar-refractivity contribution is 5.98. The second kappa shape index (κ2) is 6.05. The van der Waals surface area contributed by atoms with Crippen LogP contribution in [0.2, 0.25) is 0 Å². The number of carbonyl (C=O) groups is 2. The van der Waals surface area contributed by atoms with E-state index in [-0.39, 0.29) is 30.4 Å². The minimum absolute atomic E-state index is 0.00912. The van der Waals surface area contributed by atoms with Gasteiger partial charge in [0.05, 0.1) is 12.6 Å². The van der Waals surface area contributed by atoms with Crippen LogP contribution in [0.25, 0.3) is 0 Å². The molecule has 0 spiro atoms. The largest absolute Gasteiger partial charge is 0.394 e. The highest BCUT2D eigenvalue weighted by Gasteiger charge is 2.19. The number of aliphatic hydroxyl groups excluding tert-OH is 1. The summed E-state index contributed by atoms with van der Waals surface area (Å²) in [6.07, 6.45) is 1.10. The fourth-order valence-electron chi connectivity index (χ4n) is 2.20. The number of fused-ring (bicyclic) bond motifs is 1. The van der Waals surface area contributed by atoms with E-state index in [9.17, 15) is 14.7 Å². The summed E-state index contributed by atoms with van der Waals surface area (Å²) >= 11 is 0. The van der Waals surface area contributed by atoms with Crippen molar-refractivity contribution in [3.8, 4) is 0 Å². The van der Waals surface area contributed by atoms with Gasteiger partial charge >= 0.3 is 0 Å². The summed E-state index contributed by atoms with van der Waals surface area (Å²) in [6.45, 7) is 3.82. The molecule has 0 aliphatic carbocycles. The fraction of sp³-hybridized carbons (Fsp3) is 0.467. The third kappa shape index (κ3) is 3.17. The van der Waals surface area contributed by atoms with Crippen LogP contribution in [0.5, 0.6) is 0 Å². The molecule has 1 aromatic rings. The minimum Gasteiger partial charge on any atom is -0.394 e. The zero-order chi connectivity index (χ0) is 14.7. The Morgan fingerprint density at radius 3 is 2.80 bits per heavy atom. The highest BCUT2D eigenvalue weighted by atomic mass is 16.3. The maximum Gasteiger partial charge on any atom is 0.251 e. The summed E-state index contributed by atoms with van der Waals surface area (Å²) < 4.78 is 0. The topological polar surface area (TPSA) is 78.4 Å². The van der Waals surface area contributed by atoms with E-state index < -0.39 is 0 Å². The molecule has 0 aromatic heterocycles. The fourth-order valence-corrected chi connectivity index (χ4v) is 2.20. The molecule has 0 unspecified atom stereocenters. The summed E-state index contributed by atoms with van der Waals surface area (Å²) in [4.78, 5) is 23.4. The van der Waals surface area contributed by atoms with Gasteiger partial charge in [-0.15, -0.1) is 0 Å². The van der Waals surface area contributed by atoms with Crippen molar-refractivity contribution in [2.75, 3.05) is 11.9 Å². The number of nitrogens with one attached hydrogen (secondary N) is 2. The first-order valence-corrected chi connectivity index (χ1v) is 6.85. The molecule has 1 heterocycles. The van der Waals surface area contributed by atoms with Crippen LogP contribution in [0, 0.1) is 5.92 Å². The molecule has 0 fully saturated rings. The molecular weight excluding hydrogens is 256 g/mol. The van der Waals surface area contributed by atoms with E-state index in [1.807, 2.05) is 13.8 Å². The Bertz CT molecular complexity index is 526. The van der Waals surface area contributed by atoms with Gasteiger partial charge in [-0.1, -0.05) is 13.8 Å². The number of benzene rings is 1. The molecule has 0 radical (unpaired) electrons. The van der Waals surface area contributed by atoms with Crippen LogP contribution in [0.1, 0.15) is 36.2 Å². The van der Waals surface area contributed by atoms with Gasteiger partial charge in [0.2, 0.25) is 5.91 Å². The van der Waals surface area contributed by atoms with Crippen LogP contribution in [-0.2, 0) is 11.2 Å². The van der Waals surface area contributed by atoms with Crippen LogP contribution >= 0.6 is 0 Å². The van der Waals surface area contributed by atoms with Crippen LogP contribution in [0.15, 0.2) is 18.2 Å². The van der Waals surface area contributed by atoms with Gasteiger partial charge < -0.3 is 15.7 Å². The number of hydrogen-bond donors (Lipinski definition) is 3. The Kier molecular flexibility index (Phi) is 4.39. The van der Waals surface area contributed by atoms with Gasteiger partial charge in [-0.05, 0) is 36.1 Å². The molecule has 1 aliphatic rings.